The van der Waals surface area contributed by atoms with Gasteiger partial charge in [0.15, 0.2) is 0 Å². The highest BCUT2D eigenvalue weighted by Crippen LogP contribution is 2.14. The summed E-state index contributed by atoms with van der Waals surface area (Å²) in [6.45, 7) is 5.12. The summed E-state index contributed by atoms with van der Waals surface area (Å²) in [5, 5.41) is 0. The van der Waals surface area contributed by atoms with E-state index in [9.17, 15) is 4.79 Å². The van der Waals surface area contributed by atoms with Gasteiger partial charge in [-0.3, -0.25) is 9.69 Å². The molecule has 0 aliphatic carbocycles. The van der Waals surface area contributed by atoms with Gasteiger partial charge in [0.2, 0.25) is 0 Å². The number of carbonyl (C=O) groups is 1. The third-order valence-corrected chi connectivity index (χ3v) is 4.29. The summed E-state index contributed by atoms with van der Waals surface area (Å²) in [4.78, 5) is 20.0. The number of H-pyrrole nitrogens is 1. The Balaban J connectivity index is 1.66. The molecule has 1 aromatic rings. The van der Waals surface area contributed by atoms with Gasteiger partial charge in [-0.15, -0.1) is 0 Å². The molecular weight excluding hydrogens is 266 g/mol. The Morgan fingerprint density at radius 1 is 1.00 bits per heavy atom. The molecule has 0 aromatic carbocycles. The van der Waals surface area contributed by atoms with Gasteiger partial charge in [-0.2, -0.15) is 0 Å². The molecule has 5 nitrogen and oxygen atoms in total. The molecular formula is C16H24N3O2+. The highest BCUT2D eigenvalue weighted by atomic mass is 16.5. The molecule has 2 aliphatic rings. The third kappa shape index (κ3) is 3.53. The normalized spacial score (nSPS) is 20.2. The van der Waals surface area contributed by atoms with Crippen molar-refractivity contribution in [2.75, 3.05) is 44.3 Å². The number of rotatable bonds is 2. The number of likely N-dealkylation sites (tertiary alicyclic amines) is 1. The maximum Gasteiger partial charge on any atom is 0.274 e. The van der Waals surface area contributed by atoms with Gasteiger partial charge in [-0.25, -0.2) is 4.98 Å². The zero-order chi connectivity index (χ0) is 14.5. The number of anilines is 1. The molecule has 21 heavy (non-hydrogen) atoms. The summed E-state index contributed by atoms with van der Waals surface area (Å²) >= 11 is 0. The molecule has 2 saturated heterocycles. The number of ether oxygens (including phenoxy) is 1. The predicted molar refractivity (Wildman–Crippen MR) is 80.4 cm³/mol. The summed E-state index contributed by atoms with van der Waals surface area (Å²) < 4.78 is 5.36. The van der Waals surface area contributed by atoms with E-state index in [-0.39, 0.29) is 5.91 Å². The van der Waals surface area contributed by atoms with Gasteiger partial charge in [0.25, 0.3) is 11.7 Å². The van der Waals surface area contributed by atoms with E-state index in [2.05, 4.69) is 9.88 Å². The fraction of sp³-hybridized carbons (Fsp3) is 0.625. The largest absolute Gasteiger partial charge is 0.373 e. The molecule has 0 radical (unpaired) electrons. The van der Waals surface area contributed by atoms with Crippen LogP contribution in [0.25, 0.3) is 0 Å². The highest BCUT2D eigenvalue weighted by molar-refractivity contribution is 5.93. The minimum Gasteiger partial charge on any atom is -0.373 e. The first-order chi connectivity index (χ1) is 10.3. The van der Waals surface area contributed by atoms with Gasteiger partial charge in [-0.05, 0) is 18.9 Å². The van der Waals surface area contributed by atoms with Crippen LogP contribution in [0.1, 0.15) is 36.0 Å². The van der Waals surface area contributed by atoms with Crippen molar-refractivity contribution in [2.45, 2.75) is 25.7 Å². The zero-order valence-electron chi connectivity index (χ0n) is 12.5. The maximum absolute atomic E-state index is 12.5. The number of amides is 1. The lowest BCUT2D eigenvalue weighted by molar-refractivity contribution is -0.364. The first kappa shape index (κ1) is 14.3. The number of carbonyl (C=O) groups excluding carboxylic acids is 1. The molecule has 2 fully saturated rings. The lowest BCUT2D eigenvalue weighted by Gasteiger charge is -2.22. The van der Waals surface area contributed by atoms with E-state index in [1.54, 1.807) is 0 Å². The van der Waals surface area contributed by atoms with Crippen molar-refractivity contribution in [1.82, 2.24) is 4.90 Å². The van der Waals surface area contributed by atoms with Gasteiger partial charge in [-0.1, -0.05) is 12.8 Å². The van der Waals surface area contributed by atoms with E-state index in [0.29, 0.717) is 0 Å². The maximum atomic E-state index is 12.5. The second kappa shape index (κ2) is 6.89. The first-order valence-corrected chi connectivity index (χ1v) is 7.98. The fourth-order valence-electron chi connectivity index (χ4n) is 3.01. The van der Waals surface area contributed by atoms with Gasteiger partial charge in [0, 0.05) is 19.2 Å². The molecule has 0 atom stereocenters. The number of aromatic amines is 1. The summed E-state index contributed by atoms with van der Waals surface area (Å²) in [7, 11) is 0. The lowest BCUT2D eigenvalue weighted by Crippen LogP contribution is -2.39. The van der Waals surface area contributed by atoms with Crippen LogP contribution in [0.3, 0.4) is 0 Å². The smallest absolute Gasteiger partial charge is 0.274 e. The third-order valence-electron chi connectivity index (χ3n) is 4.29. The number of aromatic nitrogens is 1. The van der Waals surface area contributed by atoms with Crippen molar-refractivity contribution in [1.29, 1.82) is 0 Å². The van der Waals surface area contributed by atoms with Crippen molar-refractivity contribution >= 4 is 11.7 Å². The van der Waals surface area contributed by atoms with Crippen LogP contribution in [0.4, 0.5) is 5.82 Å². The zero-order valence-corrected chi connectivity index (χ0v) is 12.5. The van der Waals surface area contributed by atoms with Gasteiger partial charge in [0.05, 0.1) is 18.8 Å². The molecule has 0 unspecified atom stereocenters. The Bertz CT molecular complexity index is 461. The second-order valence-corrected chi connectivity index (χ2v) is 5.77. The van der Waals surface area contributed by atoms with Gasteiger partial charge < -0.3 is 9.64 Å². The van der Waals surface area contributed by atoms with Crippen LogP contribution in [-0.2, 0) is 4.74 Å². The molecule has 1 aromatic heterocycles. The fourth-order valence-corrected chi connectivity index (χ4v) is 3.01. The van der Waals surface area contributed by atoms with E-state index in [0.717, 1.165) is 63.6 Å². The van der Waals surface area contributed by atoms with Crippen molar-refractivity contribution in [3.05, 3.63) is 23.9 Å². The molecule has 5 heteroatoms. The number of morpholine rings is 1. The minimum atomic E-state index is 0.154. The number of nitrogens with zero attached hydrogens (tertiary/aromatic N) is 2. The van der Waals surface area contributed by atoms with Crippen molar-refractivity contribution in [2.24, 2.45) is 0 Å². The van der Waals surface area contributed by atoms with Crippen LogP contribution in [0, 0.1) is 0 Å². The Morgan fingerprint density at radius 3 is 2.33 bits per heavy atom. The number of hydrogen-bond donors (Lipinski definition) is 0. The van der Waals surface area contributed by atoms with Crippen molar-refractivity contribution in [3.8, 4) is 0 Å². The molecule has 1 amide bonds. The Kier molecular flexibility index (Phi) is 4.70. The summed E-state index contributed by atoms with van der Waals surface area (Å²) in [6.07, 6.45) is 6.58. The summed E-state index contributed by atoms with van der Waals surface area (Å²) in [6, 6.07) is 3.95. The first-order valence-electron chi connectivity index (χ1n) is 7.98. The number of pyridine rings is 1. The Hall–Kier alpha value is -1.62. The van der Waals surface area contributed by atoms with E-state index in [1.807, 2.05) is 23.2 Å². The SMILES string of the molecule is O=C(c1ccc(N2CCOCC2)[nH+]c1)N1CCCCCC1. The second-order valence-electron chi connectivity index (χ2n) is 5.77. The topological polar surface area (TPSA) is 46.9 Å². The Morgan fingerprint density at radius 2 is 1.71 bits per heavy atom. The average Bonchev–Trinajstić information content (AvgIpc) is 2.84. The lowest BCUT2D eigenvalue weighted by atomic mass is 10.2. The quantitative estimate of drug-likeness (QED) is 0.826. The van der Waals surface area contributed by atoms with E-state index in [1.165, 1.54) is 12.8 Å². The van der Waals surface area contributed by atoms with Crippen LogP contribution in [0.5, 0.6) is 0 Å². The van der Waals surface area contributed by atoms with Crippen LogP contribution in [0.2, 0.25) is 0 Å². The number of nitrogens with one attached hydrogen (secondary N) is 1. The van der Waals surface area contributed by atoms with Crippen LogP contribution < -0.4 is 9.88 Å². The highest BCUT2D eigenvalue weighted by Gasteiger charge is 2.21. The molecule has 1 N–H and O–H groups in total. The van der Waals surface area contributed by atoms with Crippen molar-refractivity contribution < 1.29 is 14.5 Å². The molecule has 3 heterocycles. The standard InChI is InChI=1S/C16H23N3O2/c20-16(19-7-3-1-2-4-8-19)14-5-6-15(17-13-14)18-9-11-21-12-10-18/h5-6,13H,1-4,7-12H2/p+1. The number of hydrogen-bond acceptors (Lipinski definition) is 3. The minimum absolute atomic E-state index is 0.154. The molecule has 3 rings (SSSR count). The van der Waals surface area contributed by atoms with E-state index in [4.69, 9.17) is 4.74 Å². The Labute approximate surface area is 125 Å². The molecule has 2 aliphatic heterocycles. The van der Waals surface area contributed by atoms with Crippen LogP contribution >= 0.6 is 0 Å². The molecule has 0 bridgehead atoms. The summed E-state index contributed by atoms with van der Waals surface area (Å²) in [5.74, 6) is 1.22. The van der Waals surface area contributed by atoms with E-state index >= 15 is 0 Å². The summed E-state index contributed by atoms with van der Waals surface area (Å²) in [5.41, 5.74) is 0.758. The monoisotopic (exact) mass is 290 g/mol. The van der Waals surface area contributed by atoms with Crippen LogP contribution in [0.15, 0.2) is 18.3 Å². The van der Waals surface area contributed by atoms with Crippen molar-refractivity contribution in [3.63, 3.8) is 0 Å². The molecule has 0 saturated carbocycles. The van der Waals surface area contributed by atoms with E-state index < -0.39 is 0 Å². The predicted octanol–water partition coefficient (Wildman–Crippen LogP) is 1.35. The molecule has 114 valence electrons. The van der Waals surface area contributed by atoms with Gasteiger partial charge in [0.1, 0.15) is 19.3 Å². The molecule has 0 spiro atoms. The van der Waals surface area contributed by atoms with Crippen LogP contribution in [-0.4, -0.2) is 50.2 Å². The average molecular weight is 290 g/mol. The van der Waals surface area contributed by atoms with Gasteiger partial charge >= 0.3 is 0 Å².